The van der Waals surface area contributed by atoms with Crippen molar-refractivity contribution in [2.24, 2.45) is 0 Å². The van der Waals surface area contributed by atoms with Gasteiger partial charge in [0.05, 0.1) is 24.8 Å². The van der Waals surface area contributed by atoms with Gasteiger partial charge in [-0.05, 0) is 36.8 Å². The number of benzene rings is 2. The molecule has 5 nitrogen and oxygen atoms in total. The Kier molecular flexibility index (Phi) is 6.05. The minimum atomic E-state index is -0.270. The maximum atomic E-state index is 12.0. The second-order valence-corrected chi connectivity index (χ2v) is 5.55. The molecular weight excluding hydrogens is 328 g/mol. The van der Waals surface area contributed by atoms with Crippen molar-refractivity contribution in [1.82, 2.24) is 5.32 Å². The highest BCUT2D eigenvalue weighted by molar-refractivity contribution is 6.30. The number of halogens is 1. The summed E-state index contributed by atoms with van der Waals surface area (Å²) in [7, 11) is 1.48. The lowest BCUT2D eigenvalue weighted by Gasteiger charge is -2.15. The predicted octanol–water partition coefficient (Wildman–Crippen LogP) is 3.48. The average Bonchev–Trinajstić information content (AvgIpc) is 2.59. The van der Waals surface area contributed by atoms with Crippen LogP contribution >= 0.6 is 11.6 Å². The molecule has 0 spiro atoms. The van der Waals surface area contributed by atoms with Gasteiger partial charge in [-0.25, -0.2) is 0 Å². The Morgan fingerprint density at radius 3 is 2.75 bits per heavy atom. The molecule has 0 saturated carbocycles. The molecule has 0 aliphatic heterocycles. The van der Waals surface area contributed by atoms with E-state index in [4.69, 9.17) is 26.3 Å². The molecule has 1 atom stereocenters. The van der Waals surface area contributed by atoms with Crippen molar-refractivity contribution in [3.8, 4) is 17.6 Å². The lowest BCUT2D eigenvalue weighted by Crippen LogP contribution is -2.31. The van der Waals surface area contributed by atoms with Crippen LogP contribution < -0.4 is 14.8 Å². The Labute approximate surface area is 145 Å². The third-order valence-electron chi connectivity index (χ3n) is 3.38. The van der Waals surface area contributed by atoms with Crippen LogP contribution in [0, 0.1) is 11.3 Å². The molecule has 0 fully saturated rings. The minimum absolute atomic E-state index is 0.160. The number of nitrogens with zero attached hydrogens (tertiary/aromatic N) is 1. The Hall–Kier alpha value is -2.71. The van der Waals surface area contributed by atoms with Gasteiger partial charge in [0.15, 0.2) is 18.1 Å². The Bertz CT molecular complexity index is 771. The van der Waals surface area contributed by atoms with Crippen molar-refractivity contribution in [1.29, 1.82) is 5.26 Å². The van der Waals surface area contributed by atoms with E-state index in [1.807, 2.05) is 25.1 Å². The molecule has 1 N–H and O–H groups in total. The van der Waals surface area contributed by atoms with Crippen molar-refractivity contribution in [3.63, 3.8) is 0 Å². The maximum absolute atomic E-state index is 12.0. The fourth-order valence-electron chi connectivity index (χ4n) is 2.14. The van der Waals surface area contributed by atoms with Crippen LogP contribution in [0.25, 0.3) is 0 Å². The molecular formula is C18H17ClN2O3. The van der Waals surface area contributed by atoms with E-state index in [-0.39, 0.29) is 18.6 Å². The Balaban J connectivity index is 1.95. The number of rotatable bonds is 6. The number of carbonyl (C=O) groups is 1. The van der Waals surface area contributed by atoms with Gasteiger partial charge in [0.1, 0.15) is 0 Å². The molecule has 124 valence electrons. The number of nitriles is 1. The van der Waals surface area contributed by atoms with Crippen LogP contribution in [-0.2, 0) is 4.79 Å². The highest BCUT2D eigenvalue weighted by Gasteiger charge is 2.12. The van der Waals surface area contributed by atoms with Gasteiger partial charge in [-0.15, -0.1) is 0 Å². The van der Waals surface area contributed by atoms with E-state index < -0.39 is 0 Å². The zero-order chi connectivity index (χ0) is 17.5. The van der Waals surface area contributed by atoms with E-state index in [1.54, 1.807) is 30.3 Å². The highest BCUT2D eigenvalue weighted by atomic mass is 35.5. The maximum Gasteiger partial charge on any atom is 0.258 e. The second kappa shape index (κ2) is 8.23. The molecule has 2 aromatic carbocycles. The van der Waals surface area contributed by atoms with E-state index in [9.17, 15) is 4.79 Å². The first kappa shape index (κ1) is 17.6. The number of hydrogen-bond donors (Lipinski definition) is 1. The molecule has 2 rings (SSSR count). The van der Waals surface area contributed by atoms with Gasteiger partial charge < -0.3 is 14.8 Å². The van der Waals surface area contributed by atoms with Crippen LogP contribution in [-0.4, -0.2) is 19.6 Å². The summed E-state index contributed by atoms with van der Waals surface area (Å²) >= 11 is 5.95. The normalized spacial score (nSPS) is 11.2. The lowest BCUT2D eigenvalue weighted by atomic mass is 10.1. The highest BCUT2D eigenvalue weighted by Crippen LogP contribution is 2.27. The molecule has 0 saturated heterocycles. The quantitative estimate of drug-likeness (QED) is 0.870. The Morgan fingerprint density at radius 1 is 1.29 bits per heavy atom. The van der Waals surface area contributed by atoms with Crippen molar-refractivity contribution in [2.75, 3.05) is 13.7 Å². The zero-order valence-electron chi connectivity index (χ0n) is 13.4. The number of ether oxygens (including phenoxy) is 2. The van der Waals surface area contributed by atoms with Gasteiger partial charge in [-0.1, -0.05) is 23.7 Å². The summed E-state index contributed by atoms with van der Waals surface area (Å²) < 4.78 is 10.6. The average molecular weight is 345 g/mol. The van der Waals surface area contributed by atoms with Crippen molar-refractivity contribution < 1.29 is 14.3 Å². The van der Waals surface area contributed by atoms with E-state index >= 15 is 0 Å². The third-order valence-corrected chi connectivity index (χ3v) is 3.61. The molecule has 0 aliphatic rings. The second-order valence-electron chi connectivity index (χ2n) is 5.11. The van der Waals surface area contributed by atoms with Crippen molar-refractivity contribution >= 4 is 17.5 Å². The fourth-order valence-corrected chi connectivity index (χ4v) is 2.34. The number of hydrogen-bond acceptors (Lipinski definition) is 4. The van der Waals surface area contributed by atoms with Crippen LogP contribution in [0.1, 0.15) is 24.1 Å². The molecule has 0 radical (unpaired) electrons. The first-order chi connectivity index (χ1) is 11.5. The summed E-state index contributed by atoms with van der Waals surface area (Å²) in [6.07, 6.45) is 0. The number of amides is 1. The van der Waals surface area contributed by atoms with Crippen LogP contribution in [0.3, 0.4) is 0 Å². The molecule has 0 bridgehead atoms. The molecule has 24 heavy (non-hydrogen) atoms. The minimum Gasteiger partial charge on any atom is -0.493 e. The topological polar surface area (TPSA) is 71.3 Å². The Morgan fingerprint density at radius 2 is 2.08 bits per heavy atom. The van der Waals surface area contributed by atoms with Crippen LogP contribution in [0.4, 0.5) is 0 Å². The van der Waals surface area contributed by atoms with Gasteiger partial charge in [0.25, 0.3) is 5.91 Å². The lowest BCUT2D eigenvalue weighted by molar-refractivity contribution is -0.123. The smallest absolute Gasteiger partial charge is 0.258 e. The van der Waals surface area contributed by atoms with E-state index in [0.717, 1.165) is 5.56 Å². The molecule has 1 amide bonds. The SMILES string of the molecule is COc1cc(C#N)ccc1OCC(=O)N[C@@H](C)c1cccc(Cl)c1. The van der Waals surface area contributed by atoms with Gasteiger partial charge in [-0.3, -0.25) is 4.79 Å². The van der Waals surface area contributed by atoms with Gasteiger partial charge in [0.2, 0.25) is 0 Å². The molecule has 2 aromatic rings. The first-order valence-corrected chi connectivity index (χ1v) is 7.67. The van der Waals surface area contributed by atoms with E-state index in [1.165, 1.54) is 7.11 Å². The summed E-state index contributed by atoms with van der Waals surface area (Å²) in [5.74, 6) is 0.542. The summed E-state index contributed by atoms with van der Waals surface area (Å²) in [5.41, 5.74) is 1.37. The van der Waals surface area contributed by atoms with E-state index in [0.29, 0.717) is 22.1 Å². The number of methoxy groups -OCH3 is 1. The fraction of sp³-hybridized carbons (Fsp3) is 0.222. The number of carbonyl (C=O) groups excluding carboxylic acids is 1. The van der Waals surface area contributed by atoms with Crippen LogP contribution in [0.5, 0.6) is 11.5 Å². The van der Waals surface area contributed by atoms with Gasteiger partial charge >= 0.3 is 0 Å². The van der Waals surface area contributed by atoms with Crippen LogP contribution in [0.15, 0.2) is 42.5 Å². The summed E-state index contributed by atoms with van der Waals surface area (Å²) in [4.78, 5) is 12.0. The summed E-state index contributed by atoms with van der Waals surface area (Å²) in [6, 6.07) is 13.9. The third kappa shape index (κ3) is 4.64. The standard InChI is InChI=1S/C18H17ClN2O3/c1-12(14-4-3-5-15(19)9-14)21-18(22)11-24-16-7-6-13(10-20)8-17(16)23-2/h3-9,12H,11H2,1-2H3,(H,21,22)/t12-/m0/s1. The largest absolute Gasteiger partial charge is 0.493 e. The summed E-state index contributed by atoms with van der Waals surface area (Å²) in [6.45, 7) is 1.71. The first-order valence-electron chi connectivity index (χ1n) is 7.29. The molecule has 0 unspecified atom stereocenters. The molecule has 0 heterocycles. The molecule has 6 heteroatoms. The van der Waals surface area contributed by atoms with Gasteiger partial charge in [-0.2, -0.15) is 5.26 Å². The summed E-state index contributed by atoms with van der Waals surface area (Å²) in [5, 5.41) is 12.3. The van der Waals surface area contributed by atoms with Gasteiger partial charge in [0, 0.05) is 11.1 Å². The van der Waals surface area contributed by atoms with Crippen LogP contribution in [0.2, 0.25) is 5.02 Å². The van der Waals surface area contributed by atoms with E-state index in [2.05, 4.69) is 5.32 Å². The molecule has 0 aromatic heterocycles. The zero-order valence-corrected chi connectivity index (χ0v) is 14.1. The predicted molar refractivity (Wildman–Crippen MR) is 91.2 cm³/mol. The number of nitrogens with one attached hydrogen (secondary N) is 1. The van der Waals surface area contributed by atoms with Crippen molar-refractivity contribution in [2.45, 2.75) is 13.0 Å². The molecule has 0 aliphatic carbocycles. The van der Waals surface area contributed by atoms with Crippen molar-refractivity contribution in [3.05, 3.63) is 58.6 Å². The monoisotopic (exact) mass is 344 g/mol.